The number of para-hydroxylation sites is 1. The molecule has 0 aliphatic carbocycles. The lowest BCUT2D eigenvalue weighted by molar-refractivity contribution is -0.385. The van der Waals surface area contributed by atoms with E-state index in [4.69, 9.17) is 16.3 Å². The van der Waals surface area contributed by atoms with Gasteiger partial charge in [-0.05, 0) is 31.4 Å². The van der Waals surface area contributed by atoms with Gasteiger partial charge in [0, 0.05) is 0 Å². The van der Waals surface area contributed by atoms with Crippen LogP contribution in [0.3, 0.4) is 0 Å². The minimum absolute atomic E-state index is 0.0767. The van der Waals surface area contributed by atoms with Crippen LogP contribution in [0.25, 0.3) is 0 Å². The predicted octanol–water partition coefficient (Wildman–Crippen LogP) is 4.06. The van der Waals surface area contributed by atoms with E-state index in [0.29, 0.717) is 5.92 Å². The Morgan fingerprint density at radius 1 is 1.41 bits per heavy atom. The summed E-state index contributed by atoms with van der Waals surface area (Å²) in [6.45, 7) is 6.04. The maximum Gasteiger partial charge on any atom is 0.329 e. The fourth-order valence-corrected chi connectivity index (χ4v) is 1.93. The summed E-state index contributed by atoms with van der Waals surface area (Å²) in [6, 6.07) is 4.70. The van der Waals surface area contributed by atoms with Gasteiger partial charge in [0.2, 0.25) is 0 Å². The van der Waals surface area contributed by atoms with Crippen molar-refractivity contribution in [3.05, 3.63) is 33.3 Å². The molecule has 94 valence electrons. The molecule has 4 nitrogen and oxygen atoms in total. The summed E-state index contributed by atoms with van der Waals surface area (Å²) in [7, 11) is 0. The molecule has 0 radical (unpaired) electrons. The summed E-state index contributed by atoms with van der Waals surface area (Å²) in [5, 5.41) is 11.0. The van der Waals surface area contributed by atoms with Crippen LogP contribution in [-0.4, -0.2) is 11.0 Å². The number of hydrogen-bond acceptors (Lipinski definition) is 3. The number of benzene rings is 1. The van der Waals surface area contributed by atoms with Gasteiger partial charge in [-0.15, -0.1) is 0 Å². The zero-order chi connectivity index (χ0) is 13.0. The summed E-state index contributed by atoms with van der Waals surface area (Å²) in [4.78, 5) is 10.4. The van der Waals surface area contributed by atoms with E-state index in [1.807, 2.05) is 6.92 Å². The van der Waals surface area contributed by atoms with Crippen LogP contribution in [0, 0.1) is 16.0 Å². The van der Waals surface area contributed by atoms with Crippen LogP contribution in [0.1, 0.15) is 27.2 Å². The van der Waals surface area contributed by atoms with Gasteiger partial charge in [0.15, 0.2) is 5.75 Å². The van der Waals surface area contributed by atoms with Gasteiger partial charge in [-0.3, -0.25) is 10.1 Å². The van der Waals surface area contributed by atoms with Gasteiger partial charge in [-0.25, -0.2) is 0 Å². The highest BCUT2D eigenvalue weighted by Gasteiger charge is 2.21. The van der Waals surface area contributed by atoms with Crippen molar-refractivity contribution >= 4 is 17.3 Å². The van der Waals surface area contributed by atoms with E-state index in [-0.39, 0.29) is 22.6 Å². The summed E-state index contributed by atoms with van der Waals surface area (Å²) in [5.74, 6) is 0.707. The summed E-state index contributed by atoms with van der Waals surface area (Å²) >= 11 is 5.79. The molecule has 0 bridgehead atoms. The minimum atomic E-state index is -0.514. The number of ether oxygens (including phenoxy) is 1. The predicted molar refractivity (Wildman–Crippen MR) is 67.7 cm³/mol. The van der Waals surface area contributed by atoms with Crippen molar-refractivity contribution in [2.75, 3.05) is 0 Å². The van der Waals surface area contributed by atoms with Crippen LogP contribution in [0.5, 0.6) is 5.75 Å². The van der Waals surface area contributed by atoms with Gasteiger partial charge in [0.05, 0.1) is 11.0 Å². The third kappa shape index (κ3) is 3.89. The molecule has 1 rings (SSSR count). The molecule has 17 heavy (non-hydrogen) atoms. The van der Waals surface area contributed by atoms with E-state index in [0.717, 1.165) is 6.42 Å². The van der Waals surface area contributed by atoms with Crippen LogP contribution in [0.2, 0.25) is 5.02 Å². The Bertz CT molecular complexity index is 407. The average molecular weight is 258 g/mol. The third-order valence-electron chi connectivity index (χ3n) is 2.26. The monoisotopic (exact) mass is 257 g/mol. The molecule has 1 unspecified atom stereocenters. The topological polar surface area (TPSA) is 52.4 Å². The van der Waals surface area contributed by atoms with E-state index in [1.165, 1.54) is 6.07 Å². The highest BCUT2D eigenvalue weighted by molar-refractivity contribution is 6.32. The first kappa shape index (κ1) is 13.8. The standard InChI is InChI=1S/C12H16ClNO3/c1-8(2)7-9(3)17-11-6-4-5-10(13)12(11)14(15)16/h4-6,8-9H,7H2,1-3H3. The van der Waals surface area contributed by atoms with Crippen molar-refractivity contribution in [1.82, 2.24) is 0 Å². The molecule has 0 heterocycles. The molecule has 0 aliphatic heterocycles. The number of nitro benzene ring substituents is 1. The van der Waals surface area contributed by atoms with Gasteiger partial charge in [0.1, 0.15) is 5.02 Å². The number of nitrogens with zero attached hydrogens (tertiary/aromatic N) is 1. The van der Waals surface area contributed by atoms with Crippen LogP contribution in [0.4, 0.5) is 5.69 Å². The minimum Gasteiger partial charge on any atom is -0.484 e. The molecular weight excluding hydrogens is 242 g/mol. The number of nitro groups is 1. The lowest BCUT2D eigenvalue weighted by atomic mass is 10.1. The third-order valence-corrected chi connectivity index (χ3v) is 2.57. The first-order chi connectivity index (χ1) is 7.91. The smallest absolute Gasteiger partial charge is 0.329 e. The Labute approximate surface area is 106 Å². The Morgan fingerprint density at radius 2 is 2.06 bits per heavy atom. The van der Waals surface area contributed by atoms with Crippen molar-refractivity contribution in [2.45, 2.75) is 33.3 Å². The van der Waals surface area contributed by atoms with Gasteiger partial charge in [0.25, 0.3) is 0 Å². The molecule has 0 fully saturated rings. The fourth-order valence-electron chi connectivity index (χ4n) is 1.70. The molecule has 1 atom stereocenters. The molecule has 0 spiro atoms. The number of hydrogen-bond donors (Lipinski definition) is 0. The molecule has 0 aromatic heterocycles. The second kappa shape index (κ2) is 5.87. The highest BCUT2D eigenvalue weighted by Crippen LogP contribution is 2.35. The van der Waals surface area contributed by atoms with Gasteiger partial charge in [-0.1, -0.05) is 31.5 Å². The Balaban J connectivity index is 2.91. The number of rotatable bonds is 5. The zero-order valence-corrected chi connectivity index (χ0v) is 10.9. The van der Waals surface area contributed by atoms with E-state index >= 15 is 0 Å². The summed E-state index contributed by atoms with van der Waals surface area (Å²) < 4.78 is 5.57. The molecule has 0 aliphatic rings. The zero-order valence-electron chi connectivity index (χ0n) is 10.1. The van der Waals surface area contributed by atoms with E-state index in [2.05, 4.69) is 13.8 Å². The first-order valence-corrected chi connectivity index (χ1v) is 5.89. The van der Waals surface area contributed by atoms with Crippen LogP contribution in [-0.2, 0) is 0 Å². The van der Waals surface area contributed by atoms with Gasteiger partial charge >= 0.3 is 5.69 Å². The maximum absolute atomic E-state index is 10.9. The number of halogens is 1. The molecule has 5 heteroatoms. The normalized spacial score (nSPS) is 12.5. The van der Waals surface area contributed by atoms with E-state index in [1.54, 1.807) is 12.1 Å². The first-order valence-electron chi connectivity index (χ1n) is 5.51. The molecular formula is C12H16ClNO3. The summed E-state index contributed by atoms with van der Waals surface area (Å²) in [5.41, 5.74) is -0.162. The van der Waals surface area contributed by atoms with E-state index < -0.39 is 4.92 Å². The van der Waals surface area contributed by atoms with Crippen molar-refractivity contribution < 1.29 is 9.66 Å². The van der Waals surface area contributed by atoms with Gasteiger partial charge in [-0.2, -0.15) is 0 Å². The quantitative estimate of drug-likeness (QED) is 0.590. The Hall–Kier alpha value is -1.29. The van der Waals surface area contributed by atoms with Crippen LogP contribution < -0.4 is 4.74 Å². The summed E-state index contributed by atoms with van der Waals surface area (Å²) in [6.07, 6.45) is 0.760. The van der Waals surface area contributed by atoms with E-state index in [9.17, 15) is 10.1 Å². The van der Waals surface area contributed by atoms with Crippen molar-refractivity contribution in [3.8, 4) is 5.75 Å². The van der Waals surface area contributed by atoms with Crippen LogP contribution >= 0.6 is 11.6 Å². The molecule has 1 aromatic rings. The van der Waals surface area contributed by atoms with Crippen molar-refractivity contribution in [3.63, 3.8) is 0 Å². The largest absolute Gasteiger partial charge is 0.484 e. The van der Waals surface area contributed by atoms with Crippen molar-refractivity contribution in [1.29, 1.82) is 0 Å². The van der Waals surface area contributed by atoms with Crippen LogP contribution in [0.15, 0.2) is 18.2 Å². The van der Waals surface area contributed by atoms with Gasteiger partial charge < -0.3 is 4.74 Å². The Kier molecular flexibility index (Phi) is 4.75. The molecule has 0 N–H and O–H groups in total. The van der Waals surface area contributed by atoms with Crippen molar-refractivity contribution in [2.24, 2.45) is 5.92 Å². The lowest BCUT2D eigenvalue weighted by Gasteiger charge is -2.16. The maximum atomic E-state index is 10.9. The second-order valence-corrected chi connectivity index (χ2v) is 4.81. The second-order valence-electron chi connectivity index (χ2n) is 4.40. The molecule has 1 aromatic carbocycles. The lowest BCUT2D eigenvalue weighted by Crippen LogP contribution is -2.15. The molecule has 0 saturated carbocycles. The SMILES string of the molecule is CC(C)CC(C)Oc1cccc(Cl)c1[N+](=O)[O-]. The average Bonchev–Trinajstić information content (AvgIpc) is 2.15. The Morgan fingerprint density at radius 3 is 2.59 bits per heavy atom. The molecule has 0 amide bonds. The molecule has 0 saturated heterocycles. The fraction of sp³-hybridized carbons (Fsp3) is 0.500. The highest BCUT2D eigenvalue weighted by atomic mass is 35.5.